The number of pyridine rings is 1. The Hall–Kier alpha value is -3.00. The van der Waals surface area contributed by atoms with Gasteiger partial charge < -0.3 is 4.74 Å². The largest absolute Gasteiger partial charge is 0.456 e. The van der Waals surface area contributed by atoms with E-state index < -0.39 is 15.8 Å². The molecule has 0 bridgehead atoms. The van der Waals surface area contributed by atoms with Crippen molar-refractivity contribution in [1.29, 1.82) is 0 Å². The first-order chi connectivity index (χ1) is 12.2. The van der Waals surface area contributed by atoms with Gasteiger partial charge in [0.2, 0.25) is 0 Å². The molecule has 7 nitrogen and oxygen atoms in total. The van der Waals surface area contributed by atoms with Crippen LogP contribution in [0, 0.1) is 6.92 Å². The molecule has 0 N–H and O–H groups in total. The molecule has 26 heavy (non-hydrogen) atoms. The minimum Gasteiger partial charge on any atom is -0.456 e. The van der Waals surface area contributed by atoms with Crippen LogP contribution >= 0.6 is 0 Å². The van der Waals surface area contributed by atoms with Crippen molar-refractivity contribution in [1.82, 2.24) is 9.38 Å². The standard InChI is InChI=1S/C18H16N2O5S/c1-12-7-8-20-16(9-12)19-14(10-17(20)21)11-25-18(22)13-3-5-15(6-4-13)26(2,23)24/h3-10H,11H2,1-2H3. The van der Waals surface area contributed by atoms with Gasteiger partial charge in [-0.25, -0.2) is 18.2 Å². The highest BCUT2D eigenvalue weighted by atomic mass is 32.2. The molecule has 0 unspecified atom stereocenters. The Balaban J connectivity index is 1.77. The number of fused-ring (bicyclic) bond motifs is 1. The fourth-order valence-corrected chi connectivity index (χ4v) is 3.02. The topological polar surface area (TPSA) is 94.8 Å². The average Bonchev–Trinajstić information content (AvgIpc) is 2.58. The lowest BCUT2D eigenvalue weighted by Gasteiger charge is -2.07. The van der Waals surface area contributed by atoms with Crippen molar-refractivity contribution < 1.29 is 17.9 Å². The Labute approximate surface area is 149 Å². The molecule has 0 aliphatic heterocycles. The number of esters is 1. The smallest absolute Gasteiger partial charge is 0.338 e. The molecule has 0 atom stereocenters. The quantitative estimate of drug-likeness (QED) is 0.648. The molecule has 0 saturated carbocycles. The molecule has 0 saturated heterocycles. The van der Waals surface area contributed by atoms with Gasteiger partial charge in [-0.1, -0.05) is 0 Å². The van der Waals surface area contributed by atoms with E-state index in [4.69, 9.17) is 4.74 Å². The molecule has 8 heteroatoms. The number of sulfone groups is 1. The van der Waals surface area contributed by atoms with E-state index in [9.17, 15) is 18.0 Å². The zero-order valence-corrected chi connectivity index (χ0v) is 15.0. The number of nitrogens with zero attached hydrogens (tertiary/aromatic N) is 2. The summed E-state index contributed by atoms with van der Waals surface area (Å²) in [6.45, 7) is 1.73. The number of carbonyl (C=O) groups excluding carboxylic acids is 1. The van der Waals surface area contributed by atoms with Gasteiger partial charge in [0, 0.05) is 18.5 Å². The molecular weight excluding hydrogens is 356 g/mol. The summed E-state index contributed by atoms with van der Waals surface area (Å²) in [4.78, 5) is 28.6. The summed E-state index contributed by atoms with van der Waals surface area (Å²) < 4.78 is 29.4. The third-order valence-electron chi connectivity index (χ3n) is 3.75. The van der Waals surface area contributed by atoms with Crippen LogP contribution in [0.1, 0.15) is 21.6 Å². The third-order valence-corrected chi connectivity index (χ3v) is 4.87. The average molecular weight is 372 g/mol. The zero-order valence-electron chi connectivity index (χ0n) is 14.2. The van der Waals surface area contributed by atoms with Crippen molar-refractivity contribution in [2.24, 2.45) is 0 Å². The Morgan fingerprint density at radius 3 is 2.50 bits per heavy atom. The molecule has 0 spiro atoms. The maximum atomic E-state index is 12.1. The van der Waals surface area contributed by atoms with Crippen LogP contribution in [0.25, 0.3) is 5.65 Å². The summed E-state index contributed by atoms with van der Waals surface area (Å²) in [5, 5.41) is 0. The van der Waals surface area contributed by atoms with Gasteiger partial charge in [-0.15, -0.1) is 0 Å². The normalized spacial score (nSPS) is 11.5. The number of rotatable bonds is 4. The van der Waals surface area contributed by atoms with Crippen LogP contribution in [0.5, 0.6) is 0 Å². The number of hydrogen-bond acceptors (Lipinski definition) is 6. The Kier molecular flexibility index (Phi) is 4.60. The van der Waals surface area contributed by atoms with Gasteiger partial charge in [0.05, 0.1) is 16.2 Å². The molecule has 0 aliphatic carbocycles. The molecule has 1 aromatic carbocycles. The maximum absolute atomic E-state index is 12.1. The summed E-state index contributed by atoms with van der Waals surface area (Å²) in [6, 6.07) is 10.3. The van der Waals surface area contributed by atoms with Gasteiger partial charge in [0.25, 0.3) is 5.56 Å². The lowest BCUT2D eigenvalue weighted by molar-refractivity contribution is 0.0467. The highest BCUT2D eigenvalue weighted by Crippen LogP contribution is 2.12. The van der Waals surface area contributed by atoms with Gasteiger partial charge in [-0.05, 0) is 48.9 Å². The molecule has 0 radical (unpaired) electrons. The van der Waals surface area contributed by atoms with Gasteiger partial charge in [-0.3, -0.25) is 9.20 Å². The van der Waals surface area contributed by atoms with E-state index in [2.05, 4.69) is 4.98 Å². The lowest BCUT2D eigenvalue weighted by Crippen LogP contribution is -2.16. The molecule has 2 aromatic heterocycles. The van der Waals surface area contributed by atoms with Crippen LogP contribution < -0.4 is 5.56 Å². The number of ether oxygens (including phenoxy) is 1. The van der Waals surface area contributed by atoms with Crippen LogP contribution in [0.2, 0.25) is 0 Å². The van der Waals surface area contributed by atoms with Crippen LogP contribution in [0.15, 0.2) is 58.4 Å². The second-order valence-electron chi connectivity index (χ2n) is 5.89. The van der Waals surface area contributed by atoms with E-state index in [0.717, 1.165) is 11.8 Å². The van der Waals surface area contributed by atoms with E-state index in [1.54, 1.807) is 18.3 Å². The number of aryl methyl sites for hydroxylation is 1. The molecule has 2 heterocycles. The summed E-state index contributed by atoms with van der Waals surface area (Å²) in [5.41, 5.74) is 1.71. The first-order valence-electron chi connectivity index (χ1n) is 7.70. The van der Waals surface area contributed by atoms with Crippen molar-refractivity contribution in [3.05, 3.63) is 75.8 Å². The maximum Gasteiger partial charge on any atom is 0.338 e. The fourth-order valence-electron chi connectivity index (χ4n) is 2.39. The van der Waals surface area contributed by atoms with E-state index >= 15 is 0 Å². The minimum atomic E-state index is -3.33. The summed E-state index contributed by atoms with van der Waals surface area (Å²) in [7, 11) is -3.33. The molecule has 3 aromatic rings. The van der Waals surface area contributed by atoms with Crippen LogP contribution in [-0.2, 0) is 21.2 Å². The monoisotopic (exact) mass is 372 g/mol. The van der Waals surface area contributed by atoms with E-state index in [0.29, 0.717) is 11.3 Å². The number of benzene rings is 1. The SMILES string of the molecule is Cc1ccn2c(=O)cc(COC(=O)c3ccc(S(C)(=O)=O)cc3)nc2c1. The van der Waals surface area contributed by atoms with Crippen molar-refractivity contribution >= 4 is 21.5 Å². The molecule has 0 amide bonds. The van der Waals surface area contributed by atoms with Gasteiger partial charge in [-0.2, -0.15) is 0 Å². The Morgan fingerprint density at radius 1 is 1.15 bits per heavy atom. The fraction of sp³-hybridized carbons (Fsp3) is 0.167. The first-order valence-corrected chi connectivity index (χ1v) is 9.59. The molecule has 0 fully saturated rings. The Morgan fingerprint density at radius 2 is 1.85 bits per heavy atom. The van der Waals surface area contributed by atoms with Crippen molar-refractivity contribution in [2.45, 2.75) is 18.4 Å². The number of aromatic nitrogens is 2. The zero-order chi connectivity index (χ0) is 18.9. The Bertz CT molecular complexity index is 1150. The van der Waals surface area contributed by atoms with Gasteiger partial charge in [0.1, 0.15) is 12.3 Å². The first kappa shape index (κ1) is 17.8. The van der Waals surface area contributed by atoms with Crippen molar-refractivity contribution in [2.75, 3.05) is 6.26 Å². The van der Waals surface area contributed by atoms with E-state index in [-0.39, 0.29) is 22.6 Å². The van der Waals surface area contributed by atoms with Crippen LogP contribution in [0.4, 0.5) is 0 Å². The molecule has 134 valence electrons. The minimum absolute atomic E-state index is 0.119. The second kappa shape index (κ2) is 6.72. The highest BCUT2D eigenvalue weighted by molar-refractivity contribution is 7.90. The lowest BCUT2D eigenvalue weighted by atomic mass is 10.2. The molecule has 3 rings (SSSR count). The van der Waals surface area contributed by atoms with Gasteiger partial charge >= 0.3 is 5.97 Å². The number of carbonyl (C=O) groups is 1. The van der Waals surface area contributed by atoms with E-state index in [1.807, 2.05) is 6.92 Å². The highest BCUT2D eigenvalue weighted by Gasteiger charge is 2.12. The number of hydrogen-bond donors (Lipinski definition) is 0. The van der Waals surface area contributed by atoms with Crippen LogP contribution in [-0.4, -0.2) is 30.0 Å². The van der Waals surface area contributed by atoms with Crippen molar-refractivity contribution in [3.8, 4) is 0 Å². The predicted molar refractivity (Wildman–Crippen MR) is 94.9 cm³/mol. The van der Waals surface area contributed by atoms with Crippen molar-refractivity contribution in [3.63, 3.8) is 0 Å². The summed E-state index contributed by atoms with van der Waals surface area (Å²) in [5.74, 6) is -0.628. The molecular formula is C18H16N2O5S. The molecule has 0 aliphatic rings. The van der Waals surface area contributed by atoms with E-state index in [1.165, 1.54) is 34.7 Å². The van der Waals surface area contributed by atoms with Crippen LogP contribution in [0.3, 0.4) is 0 Å². The third kappa shape index (κ3) is 3.80. The predicted octanol–water partition coefficient (Wildman–Crippen LogP) is 1.76. The van der Waals surface area contributed by atoms with Gasteiger partial charge in [0.15, 0.2) is 9.84 Å². The second-order valence-corrected chi connectivity index (χ2v) is 7.91. The summed E-state index contributed by atoms with van der Waals surface area (Å²) >= 11 is 0. The summed E-state index contributed by atoms with van der Waals surface area (Å²) in [6.07, 6.45) is 2.73.